The maximum absolute atomic E-state index is 15.2. The van der Waals surface area contributed by atoms with E-state index in [9.17, 15) is 27.9 Å². The zero-order chi connectivity index (χ0) is 35.3. The zero-order valence-corrected chi connectivity index (χ0v) is 27.3. The molecule has 18 heteroatoms. The van der Waals surface area contributed by atoms with Gasteiger partial charge >= 0.3 is 6.18 Å². The first-order valence-electron chi connectivity index (χ1n) is 15.5. The molecule has 49 heavy (non-hydrogen) atoms. The Morgan fingerprint density at radius 3 is 2.45 bits per heavy atom. The number of alkyl halides is 4. The second-order valence-electron chi connectivity index (χ2n) is 11.8. The maximum atomic E-state index is 15.2. The van der Waals surface area contributed by atoms with E-state index >= 15 is 4.79 Å². The second kappa shape index (κ2) is 12.7. The highest BCUT2D eigenvalue weighted by Gasteiger charge is 2.70. The lowest BCUT2D eigenvalue weighted by molar-refractivity contribution is -0.143. The molecule has 6 rings (SSSR count). The third kappa shape index (κ3) is 5.39. The first-order chi connectivity index (χ1) is 23.3. The van der Waals surface area contributed by atoms with Crippen LogP contribution in [-0.4, -0.2) is 108 Å². The predicted molar refractivity (Wildman–Crippen MR) is 168 cm³/mol. The number of ether oxygens (including phenoxy) is 1. The molecule has 3 aliphatic heterocycles. The van der Waals surface area contributed by atoms with Crippen molar-refractivity contribution in [3.8, 4) is 5.75 Å². The number of pyridine rings is 2. The Labute approximate surface area is 283 Å². The van der Waals surface area contributed by atoms with Crippen LogP contribution in [0.25, 0.3) is 5.57 Å². The summed E-state index contributed by atoms with van der Waals surface area (Å²) in [5.74, 6) is -2.83. The molecule has 3 N–H and O–H groups in total. The molecule has 0 aliphatic carbocycles. The number of carbonyl (C=O) groups excluding carboxylic acids is 3. The van der Waals surface area contributed by atoms with Crippen molar-refractivity contribution in [2.45, 2.75) is 49.4 Å². The van der Waals surface area contributed by atoms with Crippen molar-refractivity contribution in [1.29, 1.82) is 0 Å². The second-order valence-corrected chi connectivity index (χ2v) is 12.5. The number of piperazine rings is 1. The molecule has 3 unspecified atom stereocenters. The topological polar surface area (TPSA) is 173 Å². The smallest absolute Gasteiger partial charge is 0.433 e. The molecular formula is C31H33ClF3N9O5. The number of fused-ring (bicyclic) bond motifs is 1. The van der Waals surface area contributed by atoms with Crippen molar-refractivity contribution >= 4 is 40.8 Å². The van der Waals surface area contributed by atoms with Crippen LogP contribution in [-0.2, 0) is 21.2 Å². The Hall–Kier alpha value is -4.61. The summed E-state index contributed by atoms with van der Waals surface area (Å²) in [7, 11) is 0. The number of hydrogen-bond acceptors (Lipinski definition) is 11. The molecule has 0 aromatic carbocycles. The Kier molecular flexibility index (Phi) is 8.87. The number of aromatic hydroxyl groups is 1. The molecule has 1 fully saturated rings. The summed E-state index contributed by atoms with van der Waals surface area (Å²) in [6.45, 7) is 3.12. The van der Waals surface area contributed by atoms with Crippen LogP contribution in [0, 0.1) is 0 Å². The average molecular weight is 704 g/mol. The third-order valence-electron chi connectivity index (χ3n) is 9.26. The van der Waals surface area contributed by atoms with Gasteiger partial charge in [-0.05, 0) is 43.5 Å². The number of rotatable bonds is 7. The highest BCUT2D eigenvalue weighted by molar-refractivity contribution is 6.29. The van der Waals surface area contributed by atoms with E-state index in [0.29, 0.717) is 18.6 Å². The number of nitrogens with zero attached hydrogens (tertiary/aromatic N) is 8. The Bertz CT molecular complexity index is 1830. The van der Waals surface area contributed by atoms with E-state index in [2.05, 4.69) is 20.1 Å². The summed E-state index contributed by atoms with van der Waals surface area (Å²) in [6.07, 6.45) is -0.787. The molecule has 6 heterocycles. The van der Waals surface area contributed by atoms with Crippen LogP contribution >= 0.6 is 11.6 Å². The molecule has 14 nitrogen and oxygen atoms in total. The van der Waals surface area contributed by atoms with Crippen molar-refractivity contribution in [2.24, 2.45) is 5.73 Å². The third-order valence-corrected chi connectivity index (χ3v) is 9.98. The van der Waals surface area contributed by atoms with Crippen LogP contribution in [0.5, 0.6) is 5.75 Å². The lowest BCUT2D eigenvalue weighted by Gasteiger charge is -2.60. The molecule has 0 bridgehead atoms. The Morgan fingerprint density at radius 1 is 1.14 bits per heavy atom. The molecule has 0 spiro atoms. The first kappa shape index (κ1) is 34.3. The van der Waals surface area contributed by atoms with E-state index in [4.69, 9.17) is 22.1 Å². The van der Waals surface area contributed by atoms with E-state index in [0.717, 1.165) is 16.9 Å². The molecule has 1 saturated heterocycles. The minimum absolute atomic E-state index is 0.0874. The van der Waals surface area contributed by atoms with Crippen molar-refractivity contribution in [2.75, 3.05) is 44.3 Å². The summed E-state index contributed by atoms with van der Waals surface area (Å²) in [6, 6.07) is 3.89. The fourth-order valence-electron chi connectivity index (χ4n) is 6.89. The number of amides is 2. The van der Waals surface area contributed by atoms with Gasteiger partial charge in [0.2, 0.25) is 11.9 Å². The van der Waals surface area contributed by atoms with Gasteiger partial charge in [-0.15, -0.1) is 5.10 Å². The summed E-state index contributed by atoms with van der Waals surface area (Å²) >= 11 is 7.63. The van der Waals surface area contributed by atoms with Gasteiger partial charge in [0, 0.05) is 44.1 Å². The number of aromatic nitrogens is 5. The normalized spacial score (nSPS) is 24.0. The summed E-state index contributed by atoms with van der Waals surface area (Å²) in [4.78, 5) is 55.7. The zero-order valence-electron chi connectivity index (χ0n) is 26.5. The fraction of sp³-hybridized carbons (Fsp3) is 0.452. The number of primary amides is 1. The monoisotopic (exact) mass is 703 g/mol. The molecule has 3 atom stereocenters. The highest BCUT2D eigenvalue weighted by atomic mass is 35.5. The van der Waals surface area contributed by atoms with Crippen molar-refractivity contribution in [1.82, 2.24) is 34.5 Å². The quantitative estimate of drug-likeness (QED) is 0.274. The summed E-state index contributed by atoms with van der Waals surface area (Å²) in [5.41, 5.74) is 1.91. The van der Waals surface area contributed by atoms with Crippen LogP contribution < -0.4 is 10.6 Å². The lowest BCUT2D eigenvalue weighted by Crippen LogP contribution is -2.77. The van der Waals surface area contributed by atoms with E-state index in [-0.39, 0.29) is 62.4 Å². The van der Waals surface area contributed by atoms with Gasteiger partial charge in [-0.1, -0.05) is 30.7 Å². The predicted octanol–water partition coefficient (Wildman–Crippen LogP) is 2.63. The van der Waals surface area contributed by atoms with Crippen molar-refractivity contribution in [3.05, 3.63) is 65.5 Å². The number of halogens is 4. The fourth-order valence-corrected chi connectivity index (χ4v) is 7.42. The Morgan fingerprint density at radius 2 is 1.84 bits per heavy atom. The van der Waals surface area contributed by atoms with E-state index in [1.165, 1.54) is 46.0 Å². The van der Waals surface area contributed by atoms with E-state index in [1.807, 2.05) is 0 Å². The van der Waals surface area contributed by atoms with Gasteiger partial charge in [-0.2, -0.15) is 22.8 Å². The SMILES string of the molecule is CCC1(Cl)N(C(C)C(N)=O)c2nc(C3=CCOCC3)nn2C(=O)C1(c1cccnc1C(F)(F)F)N1CCN(C(=O)c2ncccc2O)CC1. The van der Waals surface area contributed by atoms with Gasteiger partial charge in [-0.3, -0.25) is 24.3 Å². The first-order valence-corrected chi connectivity index (χ1v) is 15.9. The number of hydrogen-bond donors (Lipinski definition) is 2. The molecule has 3 aliphatic rings. The van der Waals surface area contributed by atoms with E-state index in [1.54, 1.807) is 13.0 Å². The molecule has 260 valence electrons. The highest BCUT2D eigenvalue weighted by Crippen LogP contribution is 2.55. The van der Waals surface area contributed by atoms with Crippen LogP contribution in [0.4, 0.5) is 19.1 Å². The average Bonchev–Trinajstić information content (AvgIpc) is 3.54. The standard InChI is InChI=1S/C31H33ClF3N9O5/c1-3-29(32)30(20-6-4-11-38-23(20)31(33,34)35,42-14-12-41(13-15-42)26(47)22-21(45)7-5-10-37-22)27(48)44-28(43(29)18(2)24(36)46)39-25(40-44)19-8-16-49-17-9-19/h4-8,10-11,18,45H,3,9,12-17H2,1-2H3,(H2,36,46). The van der Waals surface area contributed by atoms with Gasteiger partial charge < -0.3 is 25.4 Å². The molecule has 3 aromatic rings. The van der Waals surface area contributed by atoms with Crippen LogP contribution in [0.2, 0.25) is 0 Å². The van der Waals surface area contributed by atoms with Gasteiger partial charge in [0.25, 0.3) is 11.8 Å². The molecule has 3 aromatic heterocycles. The Balaban J connectivity index is 1.58. The lowest BCUT2D eigenvalue weighted by atomic mass is 9.74. The van der Waals surface area contributed by atoms with Crippen LogP contribution in [0.15, 0.2) is 42.7 Å². The van der Waals surface area contributed by atoms with Gasteiger partial charge in [0.1, 0.15) is 22.5 Å². The number of nitrogens with two attached hydrogens (primary N) is 1. The summed E-state index contributed by atoms with van der Waals surface area (Å²) in [5, 5.41) is 14.7. The molecule has 0 radical (unpaired) electrons. The van der Waals surface area contributed by atoms with Crippen LogP contribution in [0.3, 0.4) is 0 Å². The minimum atomic E-state index is -5.04. The van der Waals surface area contributed by atoms with E-state index < -0.39 is 51.7 Å². The summed E-state index contributed by atoms with van der Waals surface area (Å²) < 4.78 is 50.9. The van der Waals surface area contributed by atoms with Crippen molar-refractivity contribution in [3.63, 3.8) is 0 Å². The maximum Gasteiger partial charge on any atom is 0.433 e. The molecular weight excluding hydrogens is 671 g/mol. The van der Waals surface area contributed by atoms with Gasteiger partial charge in [-0.25, -0.2) is 4.98 Å². The molecule has 2 amide bonds. The van der Waals surface area contributed by atoms with Gasteiger partial charge in [0.05, 0.1) is 13.2 Å². The van der Waals surface area contributed by atoms with Gasteiger partial charge in [0.15, 0.2) is 17.1 Å². The number of anilines is 1. The molecule has 0 saturated carbocycles. The number of carbonyl (C=O) groups is 3. The van der Waals surface area contributed by atoms with Crippen LogP contribution in [0.1, 0.15) is 59.1 Å². The minimum Gasteiger partial charge on any atom is -0.505 e. The van der Waals surface area contributed by atoms with Crippen molar-refractivity contribution < 1.29 is 37.4 Å². The largest absolute Gasteiger partial charge is 0.505 e.